The van der Waals surface area contributed by atoms with E-state index in [1.165, 1.54) is 231 Å². The maximum absolute atomic E-state index is 12.9. The van der Waals surface area contributed by atoms with Crippen LogP contribution in [0.4, 0.5) is 0 Å². The van der Waals surface area contributed by atoms with E-state index >= 15 is 0 Å². The first-order valence-corrected chi connectivity index (χ1v) is 32.1. The maximum Gasteiger partial charge on any atom is 0.306 e. The van der Waals surface area contributed by atoms with Gasteiger partial charge in [0.2, 0.25) is 0 Å². The summed E-state index contributed by atoms with van der Waals surface area (Å²) in [7, 11) is 0. The molecule has 0 saturated carbocycles. The number of hydrogen-bond donors (Lipinski definition) is 0. The summed E-state index contributed by atoms with van der Waals surface area (Å²) in [6.45, 7) is 6.65. The molecule has 1 unspecified atom stereocenters. The van der Waals surface area contributed by atoms with Crippen LogP contribution in [0.2, 0.25) is 0 Å². The molecule has 0 N–H and O–H groups in total. The van der Waals surface area contributed by atoms with Gasteiger partial charge in [-0.2, -0.15) is 0 Å². The normalized spacial score (nSPS) is 12.3. The number of carbonyl (C=O) groups excluding carboxylic acids is 3. The van der Waals surface area contributed by atoms with Gasteiger partial charge in [-0.25, -0.2) is 0 Å². The van der Waals surface area contributed by atoms with E-state index in [1.807, 2.05) is 0 Å². The minimum absolute atomic E-state index is 0.0752. The molecule has 0 heterocycles. The first-order chi connectivity index (χ1) is 36.0. The van der Waals surface area contributed by atoms with Gasteiger partial charge in [0.25, 0.3) is 0 Å². The zero-order chi connectivity index (χ0) is 52.9. The smallest absolute Gasteiger partial charge is 0.306 e. The number of ether oxygens (including phenoxy) is 3. The lowest BCUT2D eigenvalue weighted by atomic mass is 10.1. The lowest BCUT2D eigenvalue weighted by Gasteiger charge is -2.18. The van der Waals surface area contributed by atoms with E-state index in [1.54, 1.807) is 0 Å². The van der Waals surface area contributed by atoms with E-state index < -0.39 is 6.10 Å². The van der Waals surface area contributed by atoms with Crippen molar-refractivity contribution in [3.05, 3.63) is 48.6 Å². The molecule has 1 atom stereocenters. The van der Waals surface area contributed by atoms with Crippen molar-refractivity contribution in [2.75, 3.05) is 13.2 Å². The van der Waals surface area contributed by atoms with E-state index in [-0.39, 0.29) is 31.1 Å². The molecular weight excluding hydrogens is 901 g/mol. The minimum Gasteiger partial charge on any atom is -0.462 e. The van der Waals surface area contributed by atoms with Gasteiger partial charge in [-0.15, -0.1) is 0 Å². The Bertz CT molecular complexity index is 1270. The SMILES string of the molecule is CCCCC/C=C\C/C=C\CCCCCCCCCC(=O)OCC(COC(=O)CCCCCCCCCCC/C=C\CCCCCCCC)OC(=O)CCCCCCCCCCC/C=C\CCCCCCCC. The van der Waals surface area contributed by atoms with Gasteiger partial charge in [0, 0.05) is 19.3 Å². The highest BCUT2D eigenvalue weighted by Gasteiger charge is 2.19. The zero-order valence-electron chi connectivity index (χ0n) is 48.9. The predicted octanol–water partition coefficient (Wildman–Crippen LogP) is 21.8. The number of hydrogen-bond acceptors (Lipinski definition) is 6. The van der Waals surface area contributed by atoms with E-state index in [9.17, 15) is 14.4 Å². The third-order valence-corrected chi connectivity index (χ3v) is 14.3. The van der Waals surface area contributed by atoms with Gasteiger partial charge in [-0.1, -0.05) is 268 Å². The molecule has 6 heteroatoms. The molecule has 0 aliphatic rings. The molecule has 0 aromatic heterocycles. The molecule has 0 spiro atoms. The van der Waals surface area contributed by atoms with E-state index in [4.69, 9.17) is 14.2 Å². The fraction of sp³-hybridized carbons (Fsp3) is 0.836. The van der Waals surface area contributed by atoms with Gasteiger partial charge in [0.05, 0.1) is 0 Å². The minimum atomic E-state index is -0.779. The Morgan fingerprint density at radius 2 is 0.493 bits per heavy atom. The standard InChI is InChI=1S/C67H122O6/c1-4-7-10-13-16-19-22-25-28-31-33-36-39-42-45-48-51-54-57-60-66(69)72-63-64(62-71-65(68)59-56-53-50-47-44-41-38-35-30-27-24-21-18-15-12-9-6-3)73-67(70)61-58-55-52-49-46-43-40-37-34-32-29-26-23-20-17-14-11-8-5-2/h18,21,25-30,64H,4-17,19-20,22-24,31-63H2,1-3H3/b21-18-,28-25-,29-26-,30-27-. The van der Waals surface area contributed by atoms with Crippen LogP contribution >= 0.6 is 0 Å². The molecule has 0 aliphatic carbocycles. The number of rotatable bonds is 59. The van der Waals surface area contributed by atoms with Crippen molar-refractivity contribution in [3.63, 3.8) is 0 Å². The number of carbonyl (C=O) groups is 3. The molecule has 426 valence electrons. The Morgan fingerprint density at radius 1 is 0.274 bits per heavy atom. The molecular formula is C67H122O6. The second-order valence-electron chi connectivity index (χ2n) is 21.7. The fourth-order valence-electron chi connectivity index (χ4n) is 9.41. The summed E-state index contributed by atoms with van der Waals surface area (Å²) >= 11 is 0. The molecule has 0 saturated heterocycles. The van der Waals surface area contributed by atoms with Gasteiger partial charge >= 0.3 is 17.9 Å². The summed E-state index contributed by atoms with van der Waals surface area (Å²) in [5.74, 6) is -0.867. The predicted molar refractivity (Wildman–Crippen MR) is 316 cm³/mol. The van der Waals surface area contributed by atoms with Crippen molar-refractivity contribution in [3.8, 4) is 0 Å². The van der Waals surface area contributed by atoms with Crippen LogP contribution < -0.4 is 0 Å². The summed E-state index contributed by atoms with van der Waals surface area (Å²) < 4.78 is 16.9. The van der Waals surface area contributed by atoms with Crippen LogP contribution in [0.15, 0.2) is 48.6 Å². The Hall–Kier alpha value is -2.63. The van der Waals surface area contributed by atoms with E-state index in [2.05, 4.69) is 69.4 Å². The highest BCUT2D eigenvalue weighted by atomic mass is 16.6. The lowest BCUT2D eigenvalue weighted by Crippen LogP contribution is -2.30. The average Bonchev–Trinajstić information content (AvgIpc) is 3.39. The van der Waals surface area contributed by atoms with Crippen LogP contribution in [-0.2, 0) is 28.6 Å². The van der Waals surface area contributed by atoms with Crippen LogP contribution in [0.25, 0.3) is 0 Å². The molecule has 0 rings (SSSR count). The van der Waals surface area contributed by atoms with Gasteiger partial charge < -0.3 is 14.2 Å². The van der Waals surface area contributed by atoms with Gasteiger partial charge in [0.15, 0.2) is 6.10 Å². The molecule has 0 amide bonds. The molecule has 0 aliphatic heterocycles. The number of esters is 3. The van der Waals surface area contributed by atoms with Crippen molar-refractivity contribution < 1.29 is 28.6 Å². The highest BCUT2D eigenvalue weighted by Crippen LogP contribution is 2.17. The van der Waals surface area contributed by atoms with Crippen molar-refractivity contribution in [1.82, 2.24) is 0 Å². The van der Waals surface area contributed by atoms with Crippen LogP contribution in [0.1, 0.15) is 342 Å². The Kier molecular flexibility index (Phi) is 59.7. The molecule has 0 radical (unpaired) electrons. The average molecular weight is 1020 g/mol. The van der Waals surface area contributed by atoms with Gasteiger partial charge in [-0.3, -0.25) is 14.4 Å². The summed E-state index contributed by atoms with van der Waals surface area (Å²) in [5, 5.41) is 0. The highest BCUT2D eigenvalue weighted by molar-refractivity contribution is 5.71. The molecule has 0 aromatic carbocycles. The molecule has 0 aromatic rings. The largest absolute Gasteiger partial charge is 0.462 e. The Balaban J connectivity index is 4.36. The summed E-state index contributed by atoms with van der Waals surface area (Å²) in [6.07, 6.45) is 76.8. The molecule has 6 nitrogen and oxygen atoms in total. The fourth-order valence-corrected chi connectivity index (χ4v) is 9.41. The Labute approximate surface area is 454 Å². The second kappa shape index (κ2) is 61.9. The van der Waals surface area contributed by atoms with Gasteiger partial charge in [0.1, 0.15) is 13.2 Å². The monoisotopic (exact) mass is 1020 g/mol. The van der Waals surface area contributed by atoms with Crippen molar-refractivity contribution >= 4 is 17.9 Å². The molecule has 0 fully saturated rings. The number of allylic oxidation sites excluding steroid dienone is 8. The quantitative estimate of drug-likeness (QED) is 0.0261. The third-order valence-electron chi connectivity index (χ3n) is 14.3. The van der Waals surface area contributed by atoms with E-state index in [0.29, 0.717) is 19.3 Å². The van der Waals surface area contributed by atoms with Crippen LogP contribution in [0, 0.1) is 0 Å². The van der Waals surface area contributed by atoms with Crippen molar-refractivity contribution in [1.29, 1.82) is 0 Å². The van der Waals surface area contributed by atoms with E-state index in [0.717, 1.165) is 70.6 Å². The van der Waals surface area contributed by atoms with Crippen molar-refractivity contribution in [2.24, 2.45) is 0 Å². The number of unbranched alkanes of at least 4 members (excludes halogenated alkanes) is 40. The summed E-state index contributed by atoms with van der Waals surface area (Å²) in [5.41, 5.74) is 0. The topological polar surface area (TPSA) is 78.9 Å². The zero-order valence-corrected chi connectivity index (χ0v) is 48.9. The summed E-state index contributed by atoms with van der Waals surface area (Å²) in [6, 6.07) is 0. The second-order valence-corrected chi connectivity index (χ2v) is 21.7. The van der Waals surface area contributed by atoms with Crippen LogP contribution in [0.3, 0.4) is 0 Å². The third kappa shape index (κ3) is 60.1. The first-order valence-electron chi connectivity index (χ1n) is 32.1. The van der Waals surface area contributed by atoms with Crippen LogP contribution in [0.5, 0.6) is 0 Å². The maximum atomic E-state index is 12.9. The van der Waals surface area contributed by atoms with Crippen LogP contribution in [-0.4, -0.2) is 37.2 Å². The van der Waals surface area contributed by atoms with Gasteiger partial charge in [-0.05, 0) is 103 Å². The molecule has 0 bridgehead atoms. The lowest BCUT2D eigenvalue weighted by molar-refractivity contribution is -0.167. The summed E-state index contributed by atoms with van der Waals surface area (Å²) in [4.78, 5) is 38.3. The first kappa shape index (κ1) is 70.4. The molecule has 73 heavy (non-hydrogen) atoms. The van der Waals surface area contributed by atoms with Crippen molar-refractivity contribution in [2.45, 2.75) is 348 Å². The Morgan fingerprint density at radius 3 is 0.795 bits per heavy atom.